The molecule has 0 bridgehead atoms. The summed E-state index contributed by atoms with van der Waals surface area (Å²) in [7, 11) is 2.06. The highest BCUT2D eigenvalue weighted by Crippen LogP contribution is 2.33. The Hall–Kier alpha value is -0.0200. The standard InChI is InChI=1S/C8H14N2S/c1-9-6-2-3-7-8(4-6)11-5-10-7/h5-9H,2-4H2,1H3. The lowest BCUT2D eigenvalue weighted by molar-refractivity contribution is 0.373. The molecule has 0 aromatic rings. The van der Waals surface area contributed by atoms with Gasteiger partial charge >= 0.3 is 0 Å². The van der Waals surface area contributed by atoms with Crippen LogP contribution in [0.1, 0.15) is 19.3 Å². The summed E-state index contributed by atoms with van der Waals surface area (Å²) in [5.74, 6) is 0. The van der Waals surface area contributed by atoms with Gasteiger partial charge in [0.15, 0.2) is 0 Å². The Morgan fingerprint density at radius 2 is 2.45 bits per heavy atom. The molecule has 2 rings (SSSR count). The van der Waals surface area contributed by atoms with E-state index in [1.807, 2.05) is 17.3 Å². The number of nitrogens with one attached hydrogen (secondary N) is 1. The summed E-state index contributed by atoms with van der Waals surface area (Å²) in [5, 5.41) is 4.13. The van der Waals surface area contributed by atoms with Crippen molar-refractivity contribution in [3.8, 4) is 0 Å². The first-order chi connectivity index (χ1) is 5.40. The fourth-order valence-electron chi connectivity index (χ4n) is 1.88. The summed E-state index contributed by atoms with van der Waals surface area (Å²) in [5.41, 5.74) is 2.04. The van der Waals surface area contributed by atoms with Gasteiger partial charge in [-0.15, -0.1) is 11.8 Å². The quantitative estimate of drug-likeness (QED) is 0.641. The first-order valence-corrected chi connectivity index (χ1v) is 5.19. The maximum atomic E-state index is 4.44. The number of aliphatic imine (C=N–C) groups is 1. The van der Waals surface area contributed by atoms with Gasteiger partial charge in [-0.25, -0.2) is 0 Å². The van der Waals surface area contributed by atoms with Crippen molar-refractivity contribution >= 4 is 17.3 Å². The van der Waals surface area contributed by atoms with Crippen molar-refractivity contribution in [2.24, 2.45) is 4.99 Å². The monoisotopic (exact) mass is 170 g/mol. The predicted octanol–water partition coefficient (Wildman–Crippen LogP) is 1.27. The molecule has 3 unspecified atom stereocenters. The van der Waals surface area contributed by atoms with Crippen LogP contribution in [0.4, 0.5) is 0 Å². The van der Waals surface area contributed by atoms with E-state index in [4.69, 9.17) is 0 Å². The van der Waals surface area contributed by atoms with Gasteiger partial charge in [0.2, 0.25) is 0 Å². The number of rotatable bonds is 1. The van der Waals surface area contributed by atoms with E-state index in [9.17, 15) is 0 Å². The van der Waals surface area contributed by atoms with Gasteiger partial charge < -0.3 is 5.32 Å². The normalized spacial score (nSPS) is 42.5. The molecule has 0 radical (unpaired) electrons. The zero-order valence-electron chi connectivity index (χ0n) is 6.79. The third-order valence-electron chi connectivity index (χ3n) is 2.65. The first kappa shape index (κ1) is 7.62. The van der Waals surface area contributed by atoms with Gasteiger partial charge in [0.1, 0.15) is 0 Å². The van der Waals surface area contributed by atoms with Crippen LogP contribution in [0.25, 0.3) is 0 Å². The Morgan fingerprint density at radius 3 is 3.27 bits per heavy atom. The SMILES string of the molecule is CNC1CCC2N=CSC2C1. The van der Waals surface area contributed by atoms with E-state index in [-0.39, 0.29) is 0 Å². The predicted molar refractivity (Wildman–Crippen MR) is 50.4 cm³/mol. The van der Waals surface area contributed by atoms with Crippen LogP contribution >= 0.6 is 11.8 Å². The molecule has 0 spiro atoms. The minimum atomic E-state index is 0.643. The van der Waals surface area contributed by atoms with Crippen molar-refractivity contribution in [3.63, 3.8) is 0 Å². The van der Waals surface area contributed by atoms with Crippen molar-refractivity contribution in [1.82, 2.24) is 5.32 Å². The van der Waals surface area contributed by atoms with E-state index >= 15 is 0 Å². The van der Waals surface area contributed by atoms with Gasteiger partial charge in [0.25, 0.3) is 0 Å². The van der Waals surface area contributed by atoms with E-state index in [1.165, 1.54) is 19.3 Å². The minimum absolute atomic E-state index is 0.643. The summed E-state index contributed by atoms with van der Waals surface area (Å²) < 4.78 is 0. The molecule has 1 N–H and O–H groups in total. The Labute approximate surface area is 71.9 Å². The molecular formula is C8H14N2S. The summed E-state index contributed by atoms with van der Waals surface area (Å²) in [6.07, 6.45) is 3.88. The molecule has 0 aromatic heterocycles. The van der Waals surface area contributed by atoms with E-state index in [0.29, 0.717) is 6.04 Å². The second-order valence-electron chi connectivity index (χ2n) is 3.30. The Kier molecular flexibility index (Phi) is 2.18. The molecule has 1 heterocycles. The number of thioether (sulfide) groups is 1. The lowest BCUT2D eigenvalue weighted by atomic mass is 9.91. The Morgan fingerprint density at radius 1 is 1.55 bits per heavy atom. The van der Waals surface area contributed by atoms with Gasteiger partial charge in [-0.3, -0.25) is 4.99 Å². The van der Waals surface area contributed by atoms with Crippen molar-refractivity contribution < 1.29 is 0 Å². The van der Waals surface area contributed by atoms with E-state index < -0.39 is 0 Å². The third-order valence-corrected chi connectivity index (χ3v) is 3.75. The highest BCUT2D eigenvalue weighted by Gasteiger charge is 2.31. The Balaban J connectivity index is 1.94. The second kappa shape index (κ2) is 3.15. The molecule has 3 heteroatoms. The maximum Gasteiger partial charge on any atom is 0.0629 e. The topological polar surface area (TPSA) is 24.4 Å². The average Bonchev–Trinajstić information content (AvgIpc) is 2.50. The zero-order valence-corrected chi connectivity index (χ0v) is 7.60. The average molecular weight is 170 g/mol. The van der Waals surface area contributed by atoms with E-state index in [0.717, 1.165) is 11.3 Å². The molecule has 1 fully saturated rings. The van der Waals surface area contributed by atoms with Gasteiger partial charge in [-0.2, -0.15) is 0 Å². The molecule has 0 aromatic carbocycles. The summed E-state index contributed by atoms with van der Waals surface area (Å²) in [6, 6.07) is 1.38. The van der Waals surface area contributed by atoms with Gasteiger partial charge in [-0.05, 0) is 26.3 Å². The molecule has 62 valence electrons. The van der Waals surface area contributed by atoms with Crippen LogP contribution in [0.15, 0.2) is 4.99 Å². The molecule has 2 nitrogen and oxygen atoms in total. The number of nitrogens with zero attached hydrogens (tertiary/aromatic N) is 1. The van der Waals surface area contributed by atoms with Crippen molar-refractivity contribution in [3.05, 3.63) is 0 Å². The smallest absolute Gasteiger partial charge is 0.0629 e. The molecule has 1 saturated carbocycles. The van der Waals surface area contributed by atoms with Crippen LogP contribution in [0, 0.1) is 0 Å². The second-order valence-corrected chi connectivity index (χ2v) is 4.38. The fourth-order valence-corrected chi connectivity index (χ4v) is 3.00. The maximum absolute atomic E-state index is 4.44. The molecule has 2 aliphatic rings. The van der Waals surface area contributed by atoms with Gasteiger partial charge in [-0.1, -0.05) is 0 Å². The lowest BCUT2D eigenvalue weighted by Crippen LogP contribution is -2.37. The number of hydrogen-bond acceptors (Lipinski definition) is 3. The first-order valence-electron chi connectivity index (χ1n) is 4.24. The van der Waals surface area contributed by atoms with E-state index in [1.54, 1.807) is 0 Å². The number of fused-ring (bicyclic) bond motifs is 1. The molecule has 3 atom stereocenters. The molecule has 0 amide bonds. The minimum Gasteiger partial charge on any atom is -0.317 e. The van der Waals surface area contributed by atoms with E-state index in [2.05, 4.69) is 17.4 Å². The number of hydrogen-bond donors (Lipinski definition) is 1. The van der Waals surface area contributed by atoms with Crippen LogP contribution in [0.5, 0.6) is 0 Å². The van der Waals surface area contributed by atoms with Crippen LogP contribution in [-0.4, -0.2) is 29.9 Å². The van der Waals surface area contributed by atoms with Gasteiger partial charge in [0.05, 0.1) is 11.6 Å². The molecule has 0 saturated heterocycles. The van der Waals surface area contributed by atoms with Crippen LogP contribution in [0.3, 0.4) is 0 Å². The summed E-state index contributed by atoms with van der Waals surface area (Å²) >= 11 is 1.91. The highest BCUT2D eigenvalue weighted by atomic mass is 32.2. The highest BCUT2D eigenvalue weighted by molar-refractivity contribution is 8.12. The fraction of sp³-hybridized carbons (Fsp3) is 0.875. The zero-order chi connectivity index (χ0) is 7.68. The van der Waals surface area contributed by atoms with Crippen molar-refractivity contribution in [1.29, 1.82) is 0 Å². The molecule has 1 aliphatic heterocycles. The van der Waals surface area contributed by atoms with Crippen molar-refractivity contribution in [2.75, 3.05) is 7.05 Å². The molecule has 11 heavy (non-hydrogen) atoms. The molecular weight excluding hydrogens is 156 g/mol. The van der Waals surface area contributed by atoms with Gasteiger partial charge in [0, 0.05) is 11.3 Å². The summed E-state index contributed by atoms with van der Waals surface area (Å²) in [4.78, 5) is 4.44. The van der Waals surface area contributed by atoms with Crippen LogP contribution < -0.4 is 5.32 Å². The largest absolute Gasteiger partial charge is 0.317 e. The molecule has 1 aliphatic carbocycles. The third kappa shape index (κ3) is 1.44. The Bertz CT molecular complexity index is 169. The lowest BCUT2D eigenvalue weighted by Gasteiger charge is -2.29. The summed E-state index contributed by atoms with van der Waals surface area (Å²) in [6.45, 7) is 0. The van der Waals surface area contributed by atoms with Crippen LogP contribution in [0.2, 0.25) is 0 Å². The van der Waals surface area contributed by atoms with Crippen molar-refractivity contribution in [2.45, 2.75) is 36.6 Å². The van der Waals surface area contributed by atoms with Crippen LogP contribution in [-0.2, 0) is 0 Å².